The molecule has 2 bridgehead atoms. The number of piperazine rings is 1. The van der Waals surface area contributed by atoms with Gasteiger partial charge >= 0.3 is 6.01 Å². The quantitative estimate of drug-likeness (QED) is 0.174. The third kappa shape index (κ3) is 4.88. The highest BCUT2D eigenvalue weighted by Crippen LogP contribution is 2.66. The number of halogens is 4. The van der Waals surface area contributed by atoms with E-state index < -0.39 is 23.0 Å². The summed E-state index contributed by atoms with van der Waals surface area (Å²) in [6.07, 6.45) is 11.6. The van der Waals surface area contributed by atoms with E-state index in [-0.39, 0.29) is 52.6 Å². The topological polar surface area (TPSA) is 66.4 Å². The molecule has 2 aromatic carbocycles. The molecule has 0 radical (unpaired) electrons. The molecule has 1 N–H and O–H groups in total. The molecule has 3 saturated heterocycles. The van der Waals surface area contributed by atoms with Crippen molar-refractivity contribution < 1.29 is 22.3 Å². The van der Waals surface area contributed by atoms with Crippen LogP contribution in [0.25, 0.3) is 32.9 Å². The van der Waals surface area contributed by atoms with Crippen LogP contribution in [-0.2, 0) is 6.42 Å². The van der Waals surface area contributed by atoms with Crippen molar-refractivity contribution in [3.05, 3.63) is 53.2 Å². The molecule has 2 aliphatic carbocycles. The number of likely N-dealkylation sites (tertiary alicyclic amines) is 1. The van der Waals surface area contributed by atoms with Gasteiger partial charge < -0.3 is 19.9 Å². The number of nitrogens with one attached hydrogen (secondary N) is 1. The van der Waals surface area contributed by atoms with Crippen molar-refractivity contribution in [3.63, 3.8) is 0 Å². The van der Waals surface area contributed by atoms with Crippen LogP contribution >= 0.6 is 0 Å². The van der Waals surface area contributed by atoms with Gasteiger partial charge in [-0.05, 0) is 75.4 Å². The maximum Gasteiger partial charge on any atom is 0.319 e. The van der Waals surface area contributed by atoms with Gasteiger partial charge in [0.15, 0.2) is 5.82 Å². The summed E-state index contributed by atoms with van der Waals surface area (Å²) >= 11 is 0. The van der Waals surface area contributed by atoms with Crippen LogP contribution in [-0.4, -0.2) is 76.7 Å². The minimum atomic E-state index is -2.51. The summed E-state index contributed by atoms with van der Waals surface area (Å²) in [5.74, 6) is -0.363. The molecule has 6 aliphatic rings. The summed E-state index contributed by atoms with van der Waals surface area (Å²) in [5.41, 5.74) is 0.515. The van der Waals surface area contributed by atoms with Gasteiger partial charge in [0.1, 0.15) is 22.8 Å². The van der Waals surface area contributed by atoms with Gasteiger partial charge in [0.2, 0.25) is 0 Å². The molecule has 4 aliphatic heterocycles. The number of hydrogen-bond acceptors (Lipinski definition) is 7. The van der Waals surface area contributed by atoms with Crippen LogP contribution in [0.4, 0.5) is 23.4 Å². The van der Waals surface area contributed by atoms with E-state index in [0.29, 0.717) is 78.2 Å². The molecule has 5 fully saturated rings. The average molecular weight is 697 g/mol. The smallest absolute Gasteiger partial charge is 0.319 e. The lowest BCUT2D eigenvalue weighted by Crippen LogP contribution is -2.60. The summed E-state index contributed by atoms with van der Waals surface area (Å²) in [7, 11) is 0. The summed E-state index contributed by atoms with van der Waals surface area (Å²) in [5, 5.41) is 5.53. The van der Waals surface area contributed by atoms with Crippen molar-refractivity contribution in [1.82, 2.24) is 25.2 Å². The first-order chi connectivity index (χ1) is 24.6. The van der Waals surface area contributed by atoms with Gasteiger partial charge in [0.25, 0.3) is 5.92 Å². The molecule has 51 heavy (non-hydrogen) atoms. The zero-order valence-electron chi connectivity index (χ0n) is 28.6. The third-order valence-corrected chi connectivity index (χ3v) is 13.1. The zero-order valence-corrected chi connectivity index (χ0v) is 28.6. The Morgan fingerprint density at radius 1 is 1.02 bits per heavy atom. The van der Waals surface area contributed by atoms with Crippen LogP contribution in [0.5, 0.6) is 6.01 Å². The molecule has 6 heterocycles. The Morgan fingerprint density at radius 2 is 1.82 bits per heavy atom. The van der Waals surface area contributed by atoms with Crippen LogP contribution in [0.3, 0.4) is 0 Å². The summed E-state index contributed by atoms with van der Waals surface area (Å²) in [6, 6.07) is 9.20. The fourth-order valence-electron chi connectivity index (χ4n) is 9.97. The summed E-state index contributed by atoms with van der Waals surface area (Å²) in [6.45, 7) is 5.44. The van der Waals surface area contributed by atoms with Crippen molar-refractivity contribution in [3.8, 4) is 29.6 Å². The lowest BCUT2D eigenvalue weighted by molar-refractivity contribution is 0.0252. The summed E-state index contributed by atoms with van der Waals surface area (Å²) in [4.78, 5) is 19.5. The highest BCUT2D eigenvalue weighted by Gasteiger charge is 2.70. The Labute approximate surface area is 294 Å². The van der Waals surface area contributed by atoms with Crippen molar-refractivity contribution in [2.75, 3.05) is 37.7 Å². The van der Waals surface area contributed by atoms with E-state index in [1.54, 1.807) is 18.2 Å². The molecule has 264 valence electrons. The number of pyridine rings is 1. The molecule has 0 amide bonds. The van der Waals surface area contributed by atoms with E-state index in [0.717, 1.165) is 38.8 Å². The molecule has 1 spiro atoms. The van der Waals surface area contributed by atoms with Gasteiger partial charge in [-0.1, -0.05) is 37.1 Å². The van der Waals surface area contributed by atoms with Gasteiger partial charge in [0, 0.05) is 59.4 Å². The van der Waals surface area contributed by atoms with E-state index >= 15 is 8.78 Å². The third-order valence-electron chi connectivity index (χ3n) is 13.1. The molecule has 1 unspecified atom stereocenters. The fourth-order valence-corrected chi connectivity index (χ4v) is 9.97. The maximum atomic E-state index is 17.2. The van der Waals surface area contributed by atoms with Gasteiger partial charge in [-0.2, -0.15) is 9.97 Å². The van der Waals surface area contributed by atoms with E-state index in [9.17, 15) is 8.78 Å². The standard InChI is InChI=1S/C40H40F4N6O/c1-3-25-27(41)9-7-23-5-4-6-26(30(23)25)33-32(42)34-31-29(46-33)17-22(2)35-28-10-8-24(45-28)18-50(35)36(31)48-37(47-34)51-21-38(11-12-38)20-49-15-13-39(14-16-49)19-40(39,43)44/h1,4-7,9,22,24,28,35,45H,8,10-21H2,2H3/t22-,24+,28-,35?/m0/s1. The highest BCUT2D eigenvalue weighted by molar-refractivity contribution is 6.02. The average Bonchev–Trinajstić information content (AvgIpc) is 3.97. The number of alkyl halides is 2. The van der Waals surface area contributed by atoms with Crippen molar-refractivity contribution >= 4 is 27.5 Å². The van der Waals surface area contributed by atoms with Crippen LogP contribution in [0.1, 0.15) is 63.1 Å². The van der Waals surface area contributed by atoms with Crippen LogP contribution < -0.4 is 15.0 Å². The van der Waals surface area contributed by atoms with Crippen LogP contribution in [0, 0.1) is 40.7 Å². The van der Waals surface area contributed by atoms with Gasteiger partial charge in [-0.3, -0.25) is 0 Å². The molecule has 2 saturated carbocycles. The second kappa shape index (κ2) is 11.0. The number of fused-ring (bicyclic) bond motifs is 6. The maximum absolute atomic E-state index is 17.2. The number of benzene rings is 2. The Bertz CT molecular complexity index is 2160. The van der Waals surface area contributed by atoms with Gasteiger partial charge in [-0.15, -0.1) is 6.42 Å². The van der Waals surface area contributed by atoms with Crippen LogP contribution in [0.15, 0.2) is 30.3 Å². The molecule has 4 atom stereocenters. The molecular formula is C40H40F4N6O. The van der Waals surface area contributed by atoms with Gasteiger partial charge in [-0.25, -0.2) is 22.5 Å². The number of anilines is 1. The SMILES string of the molecule is C#Cc1c(F)ccc2cccc(-c3nc4c5c(nc(OCC6(CN7CCC8(CC7)CC8(F)F)CC6)nc5c3F)N3C[C@H]5CC[C@H](N5)C3[C@@H](C)C4)c12. The molecule has 2 aromatic heterocycles. The normalized spacial score (nSPS) is 28.0. The highest BCUT2D eigenvalue weighted by atomic mass is 19.3. The number of ether oxygens (including phenoxy) is 1. The number of rotatable bonds is 6. The first-order valence-electron chi connectivity index (χ1n) is 18.4. The minimum absolute atomic E-state index is 0.0237. The molecule has 4 aromatic rings. The largest absolute Gasteiger partial charge is 0.463 e. The molecule has 10 rings (SSSR count). The number of piperidine rings is 1. The van der Waals surface area contributed by atoms with E-state index in [2.05, 4.69) is 28.0 Å². The molecule has 11 heteroatoms. The van der Waals surface area contributed by atoms with E-state index in [1.165, 1.54) is 6.07 Å². The van der Waals surface area contributed by atoms with E-state index in [4.69, 9.17) is 26.1 Å². The van der Waals surface area contributed by atoms with Gasteiger partial charge in [0.05, 0.1) is 23.3 Å². The minimum Gasteiger partial charge on any atom is -0.463 e. The lowest BCUT2D eigenvalue weighted by atomic mass is 9.89. The Morgan fingerprint density at radius 3 is 2.57 bits per heavy atom. The predicted octanol–water partition coefficient (Wildman–Crippen LogP) is 6.89. The Hall–Kier alpha value is -4.01. The Kier molecular flexibility index (Phi) is 6.84. The number of aromatic nitrogens is 3. The fraction of sp³-hybridized carbons (Fsp3) is 0.525. The van der Waals surface area contributed by atoms with Crippen LogP contribution in [0.2, 0.25) is 0 Å². The van der Waals surface area contributed by atoms with Crippen molar-refractivity contribution in [1.29, 1.82) is 0 Å². The second-order valence-corrected chi connectivity index (χ2v) is 16.3. The number of terminal acetylenes is 1. The monoisotopic (exact) mass is 696 g/mol. The number of hydrogen-bond donors (Lipinski definition) is 1. The second-order valence-electron chi connectivity index (χ2n) is 16.3. The molecule has 7 nitrogen and oxygen atoms in total. The van der Waals surface area contributed by atoms with Crippen molar-refractivity contribution in [2.24, 2.45) is 16.7 Å². The number of nitrogens with zero attached hydrogens (tertiary/aromatic N) is 5. The van der Waals surface area contributed by atoms with E-state index in [1.807, 2.05) is 6.07 Å². The zero-order chi connectivity index (χ0) is 34.9. The summed E-state index contributed by atoms with van der Waals surface area (Å²) < 4.78 is 66.7. The lowest BCUT2D eigenvalue weighted by Gasteiger charge is -2.43. The first kappa shape index (κ1) is 31.7. The first-order valence-corrected chi connectivity index (χ1v) is 18.4. The Balaban J connectivity index is 1.05. The van der Waals surface area contributed by atoms with Crippen molar-refractivity contribution in [2.45, 2.75) is 82.3 Å². The predicted molar refractivity (Wildman–Crippen MR) is 187 cm³/mol. The molecular weight excluding hydrogens is 656 g/mol.